The van der Waals surface area contributed by atoms with Crippen LogP contribution in [0.25, 0.3) is 11.1 Å². The molecule has 1 aromatic heterocycles. The van der Waals surface area contributed by atoms with Crippen molar-refractivity contribution in [3.8, 4) is 11.1 Å². The van der Waals surface area contributed by atoms with E-state index in [1.54, 1.807) is 11.8 Å². The number of carbonyl (C=O) groups excluding carboxylic acids is 1. The molecular formula is C19H17NO2S2. The van der Waals surface area contributed by atoms with E-state index in [1.807, 2.05) is 42.7 Å². The van der Waals surface area contributed by atoms with Crippen molar-refractivity contribution in [2.75, 3.05) is 18.7 Å². The fourth-order valence-corrected chi connectivity index (χ4v) is 4.04. The zero-order valence-corrected chi connectivity index (χ0v) is 15.0. The van der Waals surface area contributed by atoms with Crippen LogP contribution in [0.4, 0.5) is 11.4 Å². The van der Waals surface area contributed by atoms with E-state index in [1.165, 1.54) is 29.6 Å². The summed E-state index contributed by atoms with van der Waals surface area (Å²) in [6.45, 7) is 0. The lowest BCUT2D eigenvalue weighted by Crippen LogP contribution is -1.97. The molecule has 122 valence electrons. The predicted octanol–water partition coefficient (Wildman–Crippen LogP) is 5.67. The van der Waals surface area contributed by atoms with Gasteiger partial charge in [0.1, 0.15) is 4.88 Å². The van der Waals surface area contributed by atoms with Gasteiger partial charge in [0.2, 0.25) is 0 Å². The van der Waals surface area contributed by atoms with Crippen molar-refractivity contribution >= 4 is 40.4 Å². The van der Waals surface area contributed by atoms with Crippen LogP contribution < -0.4 is 5.32 Å². The molecule has 0 saturated heterocycles. The average Bonchev–Trinajstić information content (AvgIpc) is 3.05. The first-order valence-electron chi connectivity index (χ1n) is 7.40. The van der Waals surface area contributed by atoms with E-state index in [0.717, 1.165) is 15.6 Å². The van der Waals surface area contributed by atoms with Crippen molar-refractivity contribution in [3.63, 3.8) is 0 Å². The van der Waals surface area contributed by atoms with Gasteiger partial charge in [0.05, 0.1) is 17.0 Å². The van der Waals surface area contributed by atoms with Gasteiger partial charge in [0.15, 0.2) is 0 Å². The molecule has 0 saturated carbocycles. The second-order valence-electron chi connectivity index (χ2n) is 5.08. The smallest absolute Gasteiger partial charge is 0.348 e. The summed E-state index contributed by atoms with van der Waals surface area (Å²) in [4.78, 5) is 12.3. The lowest BCUT2D eigenvalue weighted by Gasteiger charge is -2.08. The quantitative estimate of drug-likeness (QED) is 0.473. The molecule has 1 N–H and O–H groups in total. The maximum absolute atomic E-state index is 11.7. The molecule has 0 aliphatic rings. The molecule has 2 aromatic carbocycles. The minimum absolute atomic E-state index is 0.303. The Kier molecular flexibility index (Phi) is 5.23. The largest absolute Gasteiger partial charge is 0.465 e. The van der Waals surface area contributed by atoms with E-state index in [-0.39, 0.29) is 5.97 Å². The Labute approximate surface area is 149 Å². The number of thiophene rings is 1. The van der Waals surface area contributed by atoms with E-state index < -0.39 is 0 Å². The summed E-state index contributed by atoms with van der Waals surface area (Å²) in [5, 5.41) is 3.38. The Morgan fingerprint density at radius 1 is 1.04 bits per heavy atom. The van der Waals surface area contributed by atoms with Crippen LogP contribution in [0.2, 0.25) is 0 Å². The summed E-state index contributed by atoms with van der Waals surface area (Å²) in [5.41, 5.74) is 4.28. The highest BCUT2D eigenvalue weighted by Crippen LogP contribution is 2.37. The molecule has 0 bridgehead atoms. The minimum Gasteiger partial charge on any atom is -0.465 e. The van der Waals surface area contributed by atoms with E-state index >= 15 is 0 Å². The van der Waals surface area contributed by atoms with Gasteiger partial charge in [-0.2, -0.15) is 0 Å². The summed E-state index contributed by atoms with van der Waals surface area (Å²) < 4.78 is 5.86. The number of benzene rings is 2. The maximum atomic E-state index is 11.7. The number of ether oxygens (including phenoxy) is 1. The molecule has 24 heavy (non-hydrogen) atoms. The molecular weight excluding hydrogens is 338 g/mol. The summed E-state index contributed by atoms with van der Waals surface area (Å²) >= 11 is 3.05. The van der Waals surface area contributed by atoms with Crippen LogP contribution in [0, 0.1) is 0 Å². The van der Waals surface area contributed by atoms with Crippen LogP contribution in [-0.4, -0.2) is 19.3 Å². The number of methoxy groups -OCH3 is 1. The van der Waals surface area contributed by atoms with Crippen LogP contribution in [-0.2, 0) is 4.74 Å². The first-order chi connectivity index (χ1) is 11.7. The molecule has 3 aromatic rings. The minimum atomic E-state index is -0.303. The fraction of sp³-hybridized carbons (Fsp3) is 0.105. The maximum Gasteiger partial charge on any atom is 0.348 e. The van der Waals surface area contributed by atoms with Crippen molar-refractivity contribution in [3.05, 3.63) is 65.5 Å². The third-order valence-corrected chi connectivity index (χ3v) is 5.79. The standard InChI is InChI=1S/C19H17NO2S2/c1-22-18(21)17-12-16(19(23-2)24-17)20-15-10-8-14(9-11-15)13-6-4-3-5-7-13/h3-12,20H,1-2H3. The number of rotatable bonds is 5. The summed E-state index contributed by atoms with van der Waals surface area (Å²) in [7, 11) is 1.40. The Morgan fingerprint density at radius 3 is 2.33 bits per heavy atom. The topological polar surface area (TPSA) is 38.3 Å². The molecule has 3 rings (SSSR count). The second kappa shape index (κ2) is 7.55. The molecule has 0 amide bonds. The van der Waals surface area contributed by atoms with Crippen molar-refractivity contribution < 1.29 is 9.53 Å². The lowest BCUT2D eigenvalue weighted by atomic mass is 10.1. The molecule has 0 aliphatic heterocycles. The highest BCUT2D eigenvalue weighted by Gasteiger charge is 2.14. The van der Waals surface area contributed by atoms with Crippen LogP contribution in [0.1, 0.15) is 9.67 Å². The third-order valence-electron chi connectivity index (χ3n) is 3.54. The first kappa shape index (κ1) is 16.6. The number of anilines is 2. The normalized spacial score (nSPS) is 10.4. The number of esters is 1. The van der Waals surface area contributed by atoms with Gasteiger partial charge in [-0.3, -0.25) is 0 Å². The lowest BCUT2D eigenvalue weighted by molar-refractivity contribution is 0.0606. The van der Waals surface area contributed by atoms with E-state index in [4.69, 9.17) is 4.74 Å². The molecule has 0 unspecified atom stereocenters. The number of hydrogen-bond acceptors (Lipinski definition) is 5. The highest BCUT2D eigenvalue weighted by atomic mass is 32.2. The fourth-order valence-electron chi connectivity index (χ4n) is 2.35. The zero-order valence-electron chi connectivity index (χ0n) is 13.4. The van der Waals surface area contributed by atoms with Gasteiger partial charge >= 0.3 is 5.97 Å². The Bertz CT molecular complexity index is 826. The number of hydrogen-bond donors (Lipinski definition) is 1. The molecule has 0 aliphatic carbocycles. The Morgan fingerprint density at radius 2 is 1.71 bits per heavy atom. The van der Waals surface area contributed by atoms with Gasteiger partial charge in [-0.15, -0.1) is 23.1 Å². The molecule has 3 nitrogen and oxygen atoms in total. The van der Waals surface area contributed by atoms with E-state index in [0.29, 0.717) is 4.88 Å². The molecule has 0 spiro atoms. The summed E-state index contributed by atoms with van der Waals surface area (Å²) in [5.74, 6) is -0.303. The number of thioether (sulfide) groups is 1. The highest BCUT2D eigenvalue weighted by molar-refractivity contribution is 8.00. The van der Waals surface area contributed by atoms with Crippen LogP contribution >= 0.6 is 23.1 Å². The van der Waals surface area contributed by atoms with Gasteiger partial charge in [-0.1, -0.05) is 42.5 Å². The summed E-state index contributed by atoms with van der Waals surface area (Å²) in [6.07, 6.45) is 2.00. The van der Waals surface area contributed by atoms with Crippen LogP contribution in [0.5, 0.6) is 0 Å². The molecule has 0 fully saturated rings. The molecule has 1 heterocycles. The van der Waals surface area contributed by atoms with Gasteiger partial charge in [0, 0.05) is 5.69 Å². The van der Waals surface area contributed by atoms with Crippen molar-refractivity contribution in [2.45, 2.75) is 4.21 Å². The second-order valence-corrected chi connectivity index (χ2v) is 7.20. The number of nitrogens with one attached hydrogen (secondary N) is 1. The van der Waals surface area contributed by atoms with Crippen molar-refractivity contribution in [1.29, 1.82) is 0 Å². The average molecular weight is 355 g/mol. The Balaban J connectivity index is 1.81. The van der Waals surface area contributed by atoms with Gasteiger partial charge in [0.25, 0.3) is 0 Å². The monoisotopic (exact) mass is 355 g/mol. The molecule has 0 radical (unpaired) electrons. The van der Waals surface area contributed by atoms with Crippen molar-refractivity contribution in [1.82, 2.24) is 0 Å². The van der Waals surface area contributed by atoms with Crippen LogP contribution in [0.3, 0.4) is 0 Å². The van der Waals surface area contributed by atoms with Crippen molar-refractivity contribution in [2.24, 2.45) is 0 Å². The van der Waals surface area contributed by atoms with Gasteiger partial charge in [-0.25, -0.2) is 4.79 Å². The predicted molar refractivity (Wildman–Crippen MR) is 103 cm³/mol. The van der Waals surface area contributed by atoms with Gasteiger partial charge in [-0.05, 0) is 35.6 Å². The van der Waals surface area contributed by atoms with E-state index in [9.17, 15) is 4.79 Å². The SMILES string of the molecule is COC(=O)c1cc(Nc2ccc(-c3ccccc3)cc2)c(SC)s1. The zero-order chi connectivity index (χ0) is 16.9. The summed E-state index contributed by atoms with van der Waals surface area (Å²) in [6, 6.07) is 20.4. The van der Waals surface area contributed by atoms with E-state index in [2.05, 4.69) is 29.6 Å². The molecule has 5 heteroatoms. The Hall–Kier alpha value is -2.24. The van der Waals surface area contributed by atoms with Gasteiger partial charge < -0.3 is 10.1 Å². The third kappa shape index (κ3) is 3.63. The molecule has 0 atom stereocenters. The first-order valence-corrected chi connectivity index (χ1v) is 9.44. The van der Waals surface area contributed by atoms with Crippen LogP contribution in [0.15, 0.2) is 64.9 Å². The number of carbonyl (C=O) groups is 1.